The number of hydrogen-bond donors (Lipinski definition) is 1. The van der Waals surface area contributed by atoms with E-state index in [0.717, 1.165) is 35.7 Å². The van der Waals surface area contributed by atoms with Crippen LogP contribution < -0.4 is 5.32 Å². The molecule has 1 N–H and O–H groups in total. The zero-order chi connectivity index (χ0) is 12.5. The molecule has 0 bridgehead atoms. The first-order chi connectivity index (χ1) is 8.75. The molecular formula is C13H16N4O. The van der Waals surface area contributed by atoms with Crippen LogP contribution in [0.3, 0.4) is 0 Å². The minimum Gasteiger partial charge on any atom is -0.361 e. The van der Waals surface area contributed by atoms with Crippen molar-refractivity contribution < 1.29 is 4.52 Å². The lowest BCUT2D eigenvalue weighted by Gasteiger charge is -2.10. The first-order valence-electron chi connectivity index (χ1n) is 6.25. The van der Waals surface area contributed by atoms with E-state index in [4.69, 9.17) is 4.52 Å². The lowest BCUT2D eigenvalue weighted by molar-refractivity contribution is 0.393. The summed E-state index contributed by atoms with van der Waals surface area (Å²) in [5.41, 5.74) is 2.80. The molecule has 94 valence electrons. The molecule has 2 aromatic rings. The zero-order valence-corrected chi connectivity index (χ0v) is 10.6. The normalized spacial score (nSPS) is 19.3. The maximum atomic E-state index is 5.17. The topological polar surface area (TPSA) is 63.8 Å². The van der Waals surface area contributed by atoms with E-state index in [1.54, 1.807) is 0 Å². The Balaban J connectivity index is 2.00. The van der Waals surface area contributed by atoms with Crippen molar-refractivity contribution >= 4 is 0 Å². The van der Waals surface area contributed by atoms with Crippen molar-refractivity contribution in [1.82, 2.24) is 20.4 Å². The smallest absolute Gasteiger partial charge is 0.164 e. The molecule has 1 aliphatic heterocycles. The second-order valence-corrected chi connectivity index (χ2v) is 4.65. The van der Waals surface area contributed by atoms with Crippen molar-refractivity contribution in [3.63, 3.8) is 0 Å². The monoisotopic (exact) mass is 244 g/mol. The fraction of sp³-hybridized carbons (Fsp3) is 0.462. The van der Waals surface area contributed by atoms with Gasteiger partial charge in [-0.1, -0.05) is 5.16 Å². The van der Waals surface area contributed by atoms with Gasteiger partial charge in [-0.2, -0.15) is 0 Å². The number of aromatic nitrogens is 3. The van der Waals surface area contributed by atoms with E-state index in [0.29, 0.717) is 11.9 Å². The third-order valence-corrected chi connectivity index (χ3v) is 3.35. The Morgan fingerprint density at radius 3 is 2.94 bits per heavy atom. The molecule has 1 unspecified atom stereocenters. The van der Waals surface area contributed by atoms with E-state index in [1.807, 2.05) is 26.1 Å². The van der Waals surface area contributed by atoms with Gasteiger partial charge in [-0.15, -0.1) is 0 Å². The highest BCUT2D eigenvalue weighted by Gasteiger charge is 2.20. The number of nitrogens with one attached hydrogen (secondary N) is 1. The van der Waals surface area contributed by atoms with Crippen LogP contribution in [0, 0.1) is 13.8 Å². The SMILES string of the molecule is Cc1noc(C)c1-c1nccc(C2CCCN2)n1. The molecule has 0 spiro atoms. The summed E-state index contributed by atoms with van der Waals surface area (Å²) in [6, 6.07) is 2.33. The van der Waals surface area contributed by atoms with Crippen LogP contribution in [-0.4, -0.2) is 21.7 Å². The van der Waals surface area contributed by atoms with Crippen molar-refractivity contribution in [2.24, 2.45) is 0 Å². The maximum Gasteiger partial charge on any atom is 0.164 e. The van der Waals surface area contributed by atoms with Crippen LogP contribution in [-0.2, 0) is 0 Å². The van der Waals surface area contributed by atoms with Crippen molar-refractivity contribution in [2.75, 3.05) is 6.54 Å². The Morgan fingerprint density at radius 2 is 2.28 bits per heavy atom. The third-order valence-electron chi connectivity index (χ3n) is 3.35. The second-order valence-electron chi connectivity index (χ2n) is 4.65. The van der Waals surface area contributed by atoms with Gasteiger partial charge in [-0.05, 0) is 39.3 Å². The van der Waals surface area contributed by atoms with Crippen molar-refractivity contribution in [2.45, 2.75) is 32.7 Å². The Morgan fingerprint density at radius 1 is 1.39 bits per heavy atom. The molecule has 1 aliphatic rings. The summed E-state index contributed by atoms with van der Waals surface area (Å²) in [7, 11) is 0. The first kappa shape index (κ1) is 11.3. The predicted molar refractivity (Wildman–Crippen MR) is 67.0 cm³/mol. The zero-order valence-electron chi connectivity index (χ0n) is 10.6. The Labute approximate surface area is 106 Å². The highest BCUT2D eigenvalue weighted by molar-refractivity contribution is 5.59. The molecule has 0 aromatic carbocycles. The van der Waals surface area contributed by atoms with Gasteiger partial charge < -0.3 is 9.84 Å². The molecule has 3 heterocycles. The van der Waals surface area contributed by atoms with Crippen LogP contribution in [0.15, 0.2) is 16.8 Å². The molecule has 0 saturated carbocycles. The van der Waals surface area contributed by atoms with Gasteiger partial charge in [0.1, 0.15) is 5.76 Å². The quantitative estimate of drug-likeness (QED) is 0.877. The molecule has 1 saturated heterocycles. The van der Waals surface area contributed by atoms with E-state index in [9.17, 15) is 0 Å². The van der Waals surface area contributed by atoms with Gasteiger partial charge in [-0.25, -0.2) is 9.97 Å². The molecule has 1 fully saturated rings. The van der Waals surface area contributed by atoms with Gasteiger partial charge in [0, 0.05) is 12.2 Å². The van der Waals surface area contributed by atoms with Crippen LogP contribution in [0.4, 0.5) is 0 Å². The first-order valence-corrected chi connectivity index (χ1v) is 6.25. The minimum absolute atomic E-state index is 0.354. The fourth-order valence-corrected chi connectivity index (χ4v) is 2.43. The molecule has 5 heteroatoms. The van der Waals surface area contributed by atoms with Gasteiger partial charge in [0.25, 0.3) is 0 Å². The van der Waals surface area contributed by atoms with E-state index < -0.39 is 0 Å². The summed E-state index contributed by atoms with van der Waals surface area (Å²) in [4.78, 5) is 8.98. The van der Waals surface area contributed by atoms with E-state index in [1.165, 1.54) is 6.42 Å². The summed E-state index contributed by atoms with van der Waals surface area (Å²) in [5.74, 6) is 1.47. The summed E-state index contributed by atoms with van der Waals surface area (Å²) >= 11 is 0. The minimum atomic E-state index is 0.354. The Hall–Kier alpha value is -1.75. The summed E-state index contributed by atoms with van der Waals surface area (Å²) in [5, 5.41) is 7.39. The summed E-state index contributed by atoms with van der Waals surface area (Å²) in [6.45, 7) is 4.87. The fourth-order valence-electron chi connectivity index (χ4n) is 2.43. The lowest BCUT2D eigenvalue weighted by atomic mass is 10.1. The highest BCUT2D eigenvalue weighted by Crippen LogP contribution is 2.26. The van der Waals surface area contributed by atoms with Gasteiger partial charge in [0.15, 0.2) is 5.82 Å². The van der Waals surface area contributed by atoms with Crippen LogP contribution in [0.1, 0.15) is 36.0 Å². The largest absolute Gasteiger partial charge is 0.361 e. The van der Waals surface area contributed by atoms with E-state index in [2.05, 4.69) is 20.4 Å². The molecule has 0 amide bonds. The van der Waals surface area contributed by atoms with E-state index >= 15 is 0 Å². The standard InChI is InChI=1S/C13H16N4O/c1-8-12(9(2)18-17-8)13-15-7-5-11(16-13)10-4-3-6-14-10/h5,7,10,14H,3-4,6H2,1-2H3. The summed E-state index contributed by atoms with van der Waals surface area (Å²) < 4.78 is 5.17. The van der Waals surface area contributed by atoms with Crippen LogP contribution >= 0.6 is 0 Å². The Bertz CT molecular complexity index is 538. The highest BCUT2D eigenvalue weighted by atomic mass is 16.5. The van der Waals surface area contributed by atoms with Gasteiger partial charge in [-0.3, -0.25) is 0 Å². The van der Waals surface area contributed by atoms with Crippen LogP contribution in [0.25, 0.3) is 11.4 Å². The number of aryl methyl sites for hydroxylation is 2. The molecule has 0 aliphatic carbocycles. The van der Waals surface area contributed by atoms with Gasteiger partial charge >= 0.3 is 0 Å². The summed E-state index contributed by atoms with van der Waals surface area (Å²) in [6.07, 6.45) is 4.15. The predicted octanol–water partition coefficient (Wildman–Crippen LogP) is 2.17. The number of rotatable bonds is 2. The molecule has 0 radical (unpaired) electrons. The van der Waals surface area contributed by atoms with Gasteiger partial charge in [0.05, 0.1) is 17.0 Å². The Kier molecular flexibility index (Phi) is 2.83. The van der Waals surface area contributed by atoms with Gasteiger partial charge in [0.2, 0.25) is 0 Å². The van der Waals surface area contributed by atoms with E-state index in [-0.39, 0.29) is 0 Å². The molecule has 3 rings (SSSR count). The third kappa shape index (κ3) is 1.90. The number of hydrogen-bond acceptors (Lipinski definition) is 5. The molecule has 1 atom stereocenters. The maximum absolute atomic E-state index is 5.17. The van der Waals surface area contributed by atoms with Crippen LogP contribution in [0.5, 0.6) is 0 Å². The average Bonchev–Trinajstić information content (AvgIpc) is 3.00. The second kappa shape index (κ2) is 4.49. The van der Waals surface area contributed by atoms with Crippen molar-refractivity contribution in [3.8, 4) is 11.4 Å². The molecule has 18 heavy (non-hydrogen) atoms. The number of nitrogens with zero attached hydrogens (tertiary/aromatic N) is 3. The molecular weight excluding hydrogens is 228 g/mol. The lowest BCUT2D eigenvalue weighted by Crippen LogP contribution is -2.14. The molecule has 5 nitrogen and oxygen atoms in total. The van der Waals surface area contributed by atoms with Crippen LogP contribution in [0.2, 0.25) is 0 Å². The van der Waals surface area contributed by atoms with Crippen molar-refractivity contribution in [1.29, 1.82) is 0 Å². The van der Waals surface area contributed by atoms with Crippen molar-refractivity contribution in [3.05, 3.63) is 29.4 Å². The average molecular weight is 244 g/mol. The molecule has 2 aromatic heterocycles.